The molecule has 0 spiro atoms. The fourth-order valence-electron chi connectivity index (χ4n) is 2.77. The summed E-state index contributed by atoms with van der Waals surface area (Å²) in [4.78, 5) is 18.2. The standard InChI is InChI=1S/C17H17FN2O2/c1-11-15(17(21)22-2)5-6-16(19-11)20-8-7-12-3-4-14(18)9-13(12)10-20/h3-6,9H,7-8,10H2,1-2H3. The number of methoxy groups -OCH3 is 1. The highest BCUT2D eigenvalue weighted by Crippen LogP contribution is 2.24. The van der Waals surface area contributed by atoms with Gasteiger partial charge in [-0.05, 0) is 48.7 Å². The van der Waals surface area contributed by atoms with Crippen LogP contribution in [0.5, 0.6) is 0 Å². The van der Waals surface area contributed by atoms with Crippen molar-refractivity contribution in [2.45, 2.75) is 19.9 Å². The normalized spacial score (nSPS) is 13.7. The maximum atomic E-state index is 13.4. The lowest BCUT2D eigenvalue weighted by Crippen LogP contribution is -2.31. The molecule has 0 amide bonds. The van der Waals surface area contributed by atoms with Crippen LogP contribution >= 0.6 is 0 Å². The molecule has 0 fully saturated rings. The van der Waals surface area contributed by atoms with E-state index in [1.165, 1.54) is 18.7 Å². The SMILES string of the molecule is COC(=O)c1ccc(N2CCc3ccc(F)cc3C2)nc1C. The zero-order chi connectivity index (χ0) is 15.7. The summed E-state index contributed by atoms with van der Waals surface area (Å²) in [6.07, 6.45) is 0.856. The van der Waals surface area contributed by atoms with Gasteiger partial charge in [-0.15, -0.1) is 0 Å². The summed E-state index contributed by atoms with van der Waals surface area (Å²) in [7, 11) is 1.35. The van der Waals surface area contributed by atoms with Gasteiger partial charge in [0.2, 0.25) is 0 Å². The summed E-state index contributed by atoms with van der Waals surface area (Å²) < 4.78 is 18.1. The quantitative estimate of drug-likeness (QED) is 0.800. The Morgan fingerprint density at radius 1 is 1.27 bits per heavy atom. The first-order valence-electron chi connectivity index (χ1n) is 7.16. The Bertz CT molecular complexity index is 731. The van der Waals surface area contributed by atoms with Gasteiger partial charge < -0.3 is 9.64 Å². The number of aromatic nitrogens is 1. The van der Waals surface area contributed by atoms with Crippen molar-refractivity contribution in [3.05, 3.63) is 58.5 Å². The van der Waals surface area contributed by atoms with Crippen molar-refractivity contribution < 1.29 is 13.9 Å². The monoisotopic (exact) mass is 300 g/mol. The van der Waals surface area contributed by atoms with E-state index in [1.807, 2.05) is 12.1 Å². The number of hydrogen-bond acceptors (Lipinski definition) is 4. The summed E-state index contributed by atoms with van der Waals surface area (Å²) in [6.45, 7) is 3.23. The molecule has 0 saturated carbocycles. The second kappa shape index (κ2) is 5.75. The molecule has 0 saturated heterocycles. The predicted octanol–water partition coefficient (Wildman–Crippen LogP) is 2.88. The number of carbonyl (C=O) groups is 1. The molecule has 2 aromatic rings. The van der Waals surface area contributed by atoms with Gasteiger partial charge in [0, 0.05) is 13.1 Å². The number of halogens is 1. The Balaban J connectivity index is 1.87. The largest absolute Gasteiger partial charge is 0.465 e. The Labute approximate surface area is 128 Å². The molecule has 1 aliphatic heterocycles. The van der Waals surface area contributed by atoms with Crippen LogP contribution in [0.1, 0.15) is 27.2 Å². The summed E-state index contributed by atoms with van der Waals surface area (Å²) in [6, 6.07) is 8.47. The first-order chi connectivity index (χ1) is 10.6. The van der Waals surface area contributed by atoms with Crippen LogP contribution in [-0.4, -0.2) is 24.6 Å². The number of carbonyl (C=O) groups excluding carboxylic acids is 1. The highest BCUT2D eigenvalue weighted by atomic mass is 19.1. The number of benzene rings is 1. The van der Waals surface area contributed by atoms with Gasteiger partial charge in [0.1, 0.15) is 11.6 Å². The lowest BCUT2D eigenvalue weighted by atomic mass is 9.99. The van der Waals surface area contributed by atoms with Gasteiger partial charge >= 0.3 is 5.97 Å². The molecule has 0 bridgehead atoms. The number of nitrogens with zero attached hydrogens (tertiary/aromatic N) is 2. The average molecular weight is 300 g/mol. The van der Waals surface area contributed by atoms with Crippen molar-refractivity contribution in [1.29, 1.82) is 0 Å². The Hall–Kier alpha value is -2.43. The van der Waals surface area contributed by atoms with Crippen molar-refractivity contribution in [3.8, 4) is 0 Å². The van der Waals surface area contributed by atoms with E-state index >= 15 is 0 Å². The van der Waals surface area contributed by atoms with Crippen molar-refractivity contribution in [2.75, 3.05) is 18.6 Å². The van der Waals surface area contributed by atoms with Gasteiger partial charge in [-0.1, -0.05) is 6.07 Å². The minimum Gasteiger partial charge on any atom is -0.465 e. The van der Waals surface area contributed by atoms with Crippen LogP contribution in [0.3, 0.4) is 0 Å². The second-order valence-electron chi connectivity index (χ2n) is 5.38. The number of anilines is 1. The van der Waals surface area contributed by atoms with E-state index in [9.17, 15) is 9.18 Å². The molecular formula is C17H17FN2O2. The van der Waals surface area contributed by atoms with Crippen molar-refractivity contribution in [3.63, 3.8) is 0 Å². The van der Waals surface area contributed by atoms with E-state index in [1.54, 1.807) is 19.1 Å². The minimum absolute atomic E-state index is 0.217. The molecular weight excluding hydrogens is 283 g/mol. The van der Waals surface area contributed by atoms with Gasteiger partial charge in [0.05, 0.1) is 18.4 Å². The van der Waals surface area contributed by atoms with E-state index in [4.69, 9.17) is 4.74 Å². The summed E-state index contributed by atoms with van der Waals surface area (Å²) in [5.74, 6) is 0.188. The summed E-state index contributed by atoms with van der Waals surface area (Å²) in [5, 5.41) is 0. The molecule has 0 aliphatic carbocycles. The maximum Gasteiger partial charge on any atom is 0.339 e. The van der Waals surface area contributed by atoms with Crippen LogP contribution in [0.15, 0.2) is 30.3 Å². The predicted molar refractivity (Wildman–Crippen MR) is 81.5 cm³/mol. The number of rotatable bonds is 2. The lowest BCUT2D eigenvalue weighted by molar-refractivity contribution is 0.0599. The fraction of sp³-hybridized carbons (Fsp3) is 0.294. The highest BCUT2D eigenvalue weighted by molar-refractivity contribution is 5.90. The maximum absolute atomic E-state index is 13.4. The van der Waals surface area contributed by atoms with E-state index in [2.05, 4.69) is 9.88 Å². The van der Waals surface area contributed by atoms with Gasteiger partial charge in [-0.2, -0.15) is 0 Å². The molecule has 114 valence electrons. The molecule has 1 aromatic carbocycles. The summed E-state index contributed by atoms with van der Waals surface area (Å²) in [5.41, 5.74) is 3.27. The van der Waals surface area contributed by atoms with Crippen LogP contribution in [0, 0.1) is 12.7 Å². The number of hydrogen-bond donors (Lipinski definition) is 0. The fourth-order valence-corrected chi connectivity index (χ4v) is 2.77. The van der Waals surface area contributed by atoms with Crippen molar-refractivity contribution in [2.24, 2.45) is 0 Å². The number of pyridine rings is 1. The number of ether oxygens (including phenoxy) is 1. The Morgan fingerprint density at radius 2 is 2.09 bits per heavy atom. The van der Waals surface area contributed by atoms with Gasteiger partial charge in [-0.3, -0.25) is 0 Å². The molecule has 0 unspecified atom stereocenters. The number of aryl methyl sites for hydroxylation is 1. The van der Waals surface area contributed by atoms with Crippen LogP contribution in [0.4, 0.5) is 10.2 Å². The molecule has 1 aromatic heterocycles. The summed E-state index contributed by atoms with van der Waals surface area (Å²) >= 11 is 0. The minimum atomic E-state index is -0.386. The zero-order valence-electron chi connectivity index (χ0n) is 12.6. The number of esters is 1. The van der Waals surface area contributed by atoms with Crippen molar-refractivity contribution in [1.82, 2.24) is 4.98 Å². The molecule has 3 rings (SSSR count). The van der Waals surface area contributed by atoms with Gasteiger partial charge in [0.25, 0.3) is 0 Å². The van der Waals surface area contributed by atoms with Gasteiger partial charge in [0.15, 0.2) is 0 Å². The van der Waals surface area contributed by atoms with Crippen LogP contribution in [0.25, 0.3) is 0 Å². The number of fused-ring (bicyclic) bond motifs is 1. The zero-order valence-corrected chi connectivity index (χ0v) is 12.6. The van der Waals surface area contributed by atoms with E-state index in [0.717, 1.165) is 24.3 Å². The first-order valence-corrected chi connectivity index (χ1v) is 7.16. The van der Waals surface area contributed by atoms with Crippen molar-refractivity contribution >= 4 is 11.8 Å². The molecule has 0 N–H and O–H groups in total. The second-order valence-corrected chi connectivity index (χ2v) is 5.38. The molecule has 4 nitrogen and oxygen atoms in total. The topological polar surface area (TPSA) is 42.4 Å². The molecule has 2 heterocycles. The smallest absolute Gasteiger partial charge is 0.339 e. The first kappa shape index (κ1) is 14.5. The Kier molecular flexibility index (Phi) is 3.79. The van der Waals surface area contributed by atoms with E-state index in [0.29, 0.717) is 17.8 Å². The third kappa shape index (κ3) is 2.66. The van der Waals surface area contributed by atoms with E-state index < -0.39 is 0 Å². The lowest BCUT2D eigenvalue weighted by Gasteiger charge is -2.30. The molecule has 0 atom stereocenters. The third-order valence-corrected chi connectivity index (χ3v) is 3.98. The molecule has 0 radical (unpaired) electrons. The van der Waals surface area contributed by atoms with Crippen LogP contribution in [-0.2, 0) is 17.7 Å². The highest BCUT2D eigenvalue weighted by Gasteiger charge is 2.19. The molecule has 5 heteroatoms. The van der Waals surface area contributed by atoms with Crippen LogP contribution in [0.2, 0.25) is 0 Å². The molecule has 1 aliphatic rings. The Morgan fingerprint density at radius 3 is 2.82 bits per heavy atom. The van der Waals surface area contributed by atoms with Gasteiger partial charge in [-0.25, -0.2) is 14.2 Å². The average Bonchev–Trinajstić information content (AvgIpc) is 2.53. The molecule has 22 heavy (non-hydrogen) atoms. The third-order valence-electron chi connectivity index (χ3n) is 3.98. The van der Waals surface area contributed by atoms with E-state index in [-0.39, 0.29) is 11.8 Å². The van der Waals surface area contributed by atoms with Crippen LogP contribution < -0.4 is 4.90 Å².